The molecule has 0 aromatic rings. The van der Waals surface area contributed by atoms with Crippen LogP contribution in [0.3, 0.4) is 0 Å². The Labute approximate surface area is 83.1 Å². The van der Waals surface area contributed by atoms with Crippen molar-refractivity contribution in [1.29, 1.82) is 0 Å². The summed E-state index contributed by atoms with van der Waals surface area (Å²) in [4.78, 5) is 0. The molecule has 0 saturated heterocycles. The van der Waals surface area contributed by atoms with Crippen molar-refractivity contribution in [2.24, 2.45) is 23.2 Å². The Bertz CT molecular complexity index is 174. The smallest absolute Gasteiger partial charge is 0.0289 e. The first-order valence-electron chi connectivity index (χ1n) is 6.15. The van der Waals surface area contributed by atoms with E-state index in [2.05, 4.69) is 20.8 Å². The van der Waals surface area contributed by atoms with Crippen molar-refractivity contribution >= 4 is 0 Å². The third kappa shape index (κ3) is 1.65. The van der Waals surface area contributed by atoms with Crippen molar-refractivity contribution in [3.05, 3.63) is 0 Å². The van der Waals surface area contributed by atoms with Crippen LogP contribution in [-0.2, 0) is 0 Å². The van der Waals surface area contributed by atoms with Crippen molar-refractivity contribution in [2.75, 3.05) is 0 Å². The minimum absolute atomic E-state index is 0.843. The SMILES string of the molecule is CCC1CCC2(C1)CC(C(C)C)C2. The first kappa shape index (κ1) is 9.55. The molecule has 0 nitrogen and oxygen atoms in total. The summed E-state index contributed by atoms with van der Waals surface area (Å²) in [6, 6.07) is 0. The van der Waals surface area contributed by atoms with E-state index in [4.69, 9.17) is 0 Å². The van der Waals surface area contributed by atoms with Gasteiger partial charge in [0.25, 0.3) is 0 Å². The molecule has 1 atom stereocenters. The first-order valence-corrected chi connectivity index (χ1v) is 6.15. The van der Waals surface area contributed by atoms with Crippen LogP contribution in [-0.4, -0.2) is 0 Å². The lowest BCUT2D eigenvalue weighted by Gasteiger charge is -2.48. The molecule has 0 amide bonds. The van der Waals surface area contributed by atoms with Crippen LogP contribution in [0.1, 0.15) is 59.3 Å². The van der Waals surface area contributed by atoms with Crippen LogP contribution in [0.4, 0.5) is 0 Å². The van der Waals surface area contributed by atoms with Gasteiger partial charge in [-0.2, -0.15) is 0 Å². The second-order valence-electron chi connectivity index (χ2n) is 5.93. The van der Waals surface area contributed by atoms with E-state index >= 15 is 0 Å². The molecular weight excluding hydrogens is 156 g/mol. The van der Waals surface area contributed by atoms with E-state index in [-0.39, 0.29) is 0 Å². The van der Waals surface area contributed by atoms with Gasteiger partial charge in [0.1, 0.15) is 0 Å². The predicted octanol–water partition coefficient (Wildman–Crippen LogP) is 4.25. The standard InChI is InChI=1S/C13H24/c1-4-11-5-6-13(7-11)8-12(9-13)10(2)3/h10-12H,4-9H2,1-3H3. The topological polar surface area (TPSA) is 0 Å². The molecule has 0 aliphatic heterocycles. The van der Waals surface area contributed by atoms with Gasteiger partial charge in [-0.05, 0) is 55.3 Å². The van der Waals surface area contributed by atoms with Crippen LogP contribution >= 0.6 is 0 Å². The van der Waals surface area contributed by atoms with Gasteiger partial charge in [-0.3, -0.25) is 0 Å². The molecule has 2 aliphatic carbocycles. The van der Waals surface area contributed by atoms with Gasteiger partial charge in [0.05, 0.1) is 0 Å². The Morgan fingerprint density at radius 3 is 2.38 bits per heavy atom. The molecule has 2 saturated carbocycles. The van der Waals surface area contributed by atoms with Gasteiger partial charge in [0, 0.05) is 0 Å². The Balaban J connectivity index is 1.84. The largest absolute Gasteiger partial charge is 0.0651 e. The Morgan fingerprint density at radius 1 is 1.23 bits per heavy atom. The minimum atomic E-state index is 0.843. The maximum Gasteiger partial charge on any atom is -0.0289 e. The summed E-state index contributed by atoms with van der Waals surface area (Å²) in [5.41, 5.74) is 0.843. The lowest BCUT2D eigenvalue weighted by Crippen LogP contribution is -2.37. The molecule has 0 aromatic carbocycles. The monoisotopic (exact) mass is 180 g/mol. The fraction of sp³-hybridized carbons (Fsp3) is 1.00. The molecule has 0 aromatic heterocycles. The molecule has 2 rings (SSSR count). The molecule has 0 heterocycles. The highest BCUT2D eigenvalue weighted by molar-refractivity contribution is 4.99. The molecular formula is C13H24. The van der Waals surface area contributed by atoms with E-state index in [0.29, 0.717) is 0 Å². The quantitative estimate of drug-likeness (QED) is 0.596. The van der Waals surface area contributed by atoms with E-state index in [1.807, 2.05) is 0 Å². The Kier molecular flexibility index (Phi) is 2.42. The van der Waals surface area contributed by atoms with Gasteiger partial charge in [-0.1, -0.05) is 27.2 Å². The predicted molar refractivity (Wildman–Crippen MR) is 57.6 cm³/mol. The van der Waals surface area contributed by atoms with Gasteiger partial charge >= 0.3 is 0 Å². The summed E-state index contributed by atoms with van der Waals surface area (Å²) in [5, 5.41) is 0. The highest BCUT2D eigenvalue weighted by atomic mass is 14.5. The van der Waals surface area contributed by atoms with Gasteiger partial charge in [-0.25, -0.2) is 0 Å². The highest BCUT2D eigenvalue weighted by Crippen LogP contribution is 2.59. The van der Waals surface area contributed by atoms with Gasteiger partial charge in [-0.15, -0.1) is 0 Å². The molecule has 76 valence electrons. The zero-order valence-electron chi connectivity index (χ0n) is 9.47. The van der Waals surface area contributed by atoms with Gasteiger partial charge in [0.2, 0.25) is 0 Å². The van der Waals surface area contributed by atoms with Crippen molar-refractivity contribution in [3.63, 3.8) is 0 Å². The summed E-state index contributed by atoms with van der Waals surface area (Å²) in [6.45, 7) is 7.15. The minimum Gasteiger partial charge on any atom is -0.0651 e. The van der Waals surface area contributed by atoms with Gasteiger partial charge in [0.15, 0.2) is 0 Å². The number of hydrogen-bond donors (Lipinski definition) is 0. The summed E-state index contributed by atoms with van der Waals surface area (Å²) in [7, 11) is 0. The van der Waals surface area contributed by atoms with Crippen molar-refractivity contribution in [2.45, 2.75) is 59.3 Å². The maximum atomic E-state index is 2.39. The van der Waals surface area contributed by atoms with Gasteiger partial charge < -0.3 is 0 Å². The van der Waals surface area contributed by atoms with Crippen LogP contribution in [0.25, 0.3) is 0 Å². The van der Waals surface area contributed by atoms with Crippen LogP contribution in [0, 0.1) is 23.2 Å². The average Bonchev–Trinajstić information content (AvgIpc) is 2.44. The van der Waals surface area contributed by atoms with Crippen LogP contribution < -0.4 is 0 Å². The van der Waals surface area contributed by atoms with E-state index in [1.165, 1.54) is 12.8 Å². The molecule has 2 fully saturated rings. The lowest BCUT2D eigenvalue weighted by molar-refractivity contribution is 0.0282. The fourth-order valence-electron chi connectivity index (χ4n) is 3.57. The third-order valence-corrected chi connectivity index (χ3v) is 4.72. The molecule has 0 bridgehead atoms. The lowest BCUT2D eigenvalue weighted by atomic mass is 9.57. The molecule has 0 N–H and O–H groups in total. The van der Waals surface area contributed by atoms with E-state index in [1.54, 1.807) is 25.7 Å². The van der Waals surface area contributed by atoms with E-state index < -0.39 is 0 Å². The maximum absolute atomic E-state index is 2.39. The van der Waals surface area contributed by atoms with Crippen molar-refractivity contribution < 1.29 is 0 Å². The summed E-state index contributed by atoms with van der Waals surface area (Å²) >= 11 is 0. The molecule has 0 radical (unpaired) electrons. The third-order valence-electron chi connectivity index (χ3n) is 4.72. The summed E-state index contributed by atoms with van der Waals surface area (Å²) in [5.74, 6) is 3.08. The van der Waals surface area contributed by atoms with Crippen LogP contribution in [0.2, 0.25) is 0 Å². The fourth-order valence-corrected chi connectivity index (χ4v) is 3.57. The Hall–Kier alpha value is 0. The highest BCUT2D eigenvalue weighted by Gasteiger charge is 2.48. The van der Waals surface area contributed by atoms with E-state index in [0.717, 1.165) is 23.2 Å². The van der Waals surface area contributed by atoms with Crippen molar-refractivity contribution in [3.8, 4) is 0 Å². The zero-order valence-corrected chi connectivity index (χ0v) is 9.47. The molecule has 1 unspecified atom stereocenters. The van der Waals surface area contributed by atoms with Crippen LogP contribution in [0.15, 0.2) is 0 Å². The second kappa shape index (κ2) is 3.29. The first-order chi connectivity index (χ1) is 6.15. The molecule has 2 aliphatic rings. The number of hydrogen-bond acceptors (Lipinski definition) is 0. The normalized spacial score (nSPS) is 44.3. The average molecular weight is 180 g/mol. The summed E-state index contributed by atoms with van der Waals surface area (Å²) in [6.07, 6.45) is 9.18. The van der Waals surface area contributed by atoms with E-state index in [9.17, 15) is 0 Å². The Morgan fingerprint density at radius 2 is 1.92 bits per heavy atom. The second-order valence-corrected chi connectivity index (χ2v) is 5.93. The molecule has 13 heavy (non-hydrogen) atoms. The van der Waals surface area contributed by atoms with Crippen LogP contribution in [0.5, 0.6) is 0 Å². The zero-order chi connectivity index (χ0) is 9.47. The number of rotatable bonds is 2. The molecule has 1 spiro atoms. The molecule has 0 heteroatoms. The van der Waals surface area contributed by atoms with Crippen molar-refractivity contribution in [1.82, 2.24) is 0 Å². The summed E-state index contributed by atoms with van der Waals surface area (Å²) < 4.78 is 0.